The molecule has 0 aromatic heterocycles. The largest absolute Gasteiger partial charge is 0.453 e. The van der Waals surface area contributed by atoms with Crippen molar-refractivity contribution in [1.82, 2.24) is 0 Å². The number of hydrogen-bond donors (Lipinski definition) is 0. The number of benzene rings is 3. The standard InChI is InChI=1S/C23H15ClO3/c24-17-10-11-21(16(13-17)12-15-6-2-1-3-7-15)27-22-14-20(25)18-8-4-5-9-19(18)23(22)26/h1-11,13-14H,12H2. The molecule has 4 rings (SSSR count). The van der Waals surface area contributed by atoms with E-state index in [1.807, 2.05) is 36.4 Å². The van der Waals surface area contributed by atoms with E-state index in [4.69, 9.17) is 16.3 Å². The lowest BCUT2D eigenvalue weighted by Gasteiger charge is -2.17. The van der Waals surface area contributed by atoms with Crippen molar-refractivity contribution in [3.05, 3.63) is 112 Å². The first-order valence-electron chi connectivity index (χ1n) is 8.52. The molecule has 0 spiro atoms. The van der Waals surface area contributed by atoms with Crippen LogP contribution in [-0.2, 0) is 6.42 Å². The van der Waals surface area contributed by atoms with E-state index in [0.29, 0.717) is 28.3 Å². The molecular weight excluding hydrogens is 360 g/mol. The summed E-state index contributed by atoms with van der Waals surface area (Å²) in [5.74, 6) is -0.00467. The maximum atomic E-state index is 12.7. The molecule has 132 valence electrons. The lowest BCUT2D eigenvalue weighted by atomic mass is 9.93. The average Bonchev–Trinajstić information content (AvgIpc) is 2.69. The topological polar surface area (TPSA) is 43.4 Å². The summed E-state index contributed by atoms with van der Waals surface area (Å²) in [4.78, 5) is 25.1. The van der Waals surface area contributed by atoms with Crippen LogP contribution < -0.4 is 4.74 Å². The SMILES string of the molecule is O=C1C=C(Oc2ccc(Cl)cc2Cc2ccccc2)C(=O)c2ccccc21. The Bertz CT molecular complexity index is 1070. The summed E-state index contributed by atoms with van der Waals surface area (Å²) in [7, 11) is 0. The number of carbonyl (C=O) groups excluding carboxylic acids is 2. The molecule has 1 aliphatic carbocycles. The Morgan fingerprint density at radius 2 is 1.52 bits per heavy atom. The Morgan fingerprint density at radius 1 is 0.815 bits per heavy atom. The van der Waals surface area contributed by atoms with E-state index in [1.165, 1.54) is 6.08 Å². The Kier molecular flexibility index (Phi) is 4.61. The predicted octanol–water partition coefficient (Wildman–Crippen LogP) is 5.27. The summed E-state index contributed by atoms with van der Waals surface area (Å²) in [6, 6.07) is 21.9. The molecule has 3 aromatic rings. The number of fused-ring (bicyclic) bond motifs is 1. The van der Waals surface area contributed by atoms with Gasteiger partial charge in [-0.2, -0.15) is 0 Å². The molecule has 4 heteroatoms. The monoisotopic (exact) mass is 374 g/mol. The molecule has 3 nitrogen and oxygen atoms in total. The first-order valence-corrected chi connectivity index (χ1v) is 8.89. The molecule has 0 atom stereocenters. The van der Waals surface area contributed by atoms with Gasteiger partial charge in [0.25, 0.3) is 0 Å². The number of ketones is 2. The maximum Gasteiger partial charge on any atom is 0.229 e. The number of rotatable bonds is 4. The van der Waals surface area contributed by atoms with E-state index in [0.717, 1.165) is 11.1 Å². The molecule has 27 heavy (non-hydrogen) atoms. The number of carbonyl (C=O) groups is 2. The highest BCUT2D eigenvalue weighted by Crippen LogP contribution is 2.29. The second kappa shape index (κ2) is 7.22. The van der Waals surface area contributed by atoms with Crippen LogP contribution in [0.15, 0.2) is 84.6 Å². The molecule has 1 aliphatic rings. The van der Waals surface area contributed by atoms with E-state index < -0.39 is 0 Å². The molecule has 3 aromatic carbocycles. The smallest absolute Gasteiger partial charge is 0.229 e. The van der Waals surface area contributed by atoms with Gasteiger partial charge >= 0.3 is 0 Å². The fraction of sp³-hybridized carbons (Fsp3) is 0.0435. The van der Waals surface area contributed by atoms with Gasteiger partial charge in [0.1, 0.15) is 5.75 Å². The Labute approximate surface area is 161 Å². The van der Waals surface area contributed by atoms with Crippen LogP contribution in [0.2, 0.25) is 5.02 Å². The number of halogens is 1. The molecule has 0 saturated heterocycles. The van der Waals surface area contributed by atoms with E-state index in [1.54, 1.807) is 36.4 Å². The highest BCUT2D eigenvalue weighted by Gasteiger charge is 2.27. The normalized spacial score (nSPS) is 13.1. The van der Waals surface area contributed by atoms with Crippen molar-refractivity contribution in [1.29, 1.82) is 0 Å². The van der Waals surface area contributed by atoms with Crippen LogP contribution in [0.3, 0.4) is 0 Å². The second-order valence-corrected chi connectivity index (χ2v) is 6.70. The molecule has 0 unspecified atom stereocenters. The number of hydrogen-bond acceptors (Lipinski definition) is 3. The first kappa shape index (κ1) is 17.3. The van der Waals surface area contributed by atoms with Gasteiger partial charge < -0.3 is 4.74 Å². The van der Waals surface area contributed by atoms with Crippen LogP contribution in [0.5, 0.6) is 5.75 Å². The molecule has 0 amide bonds. The lowest BCUT2D eigenvalue weighted by molar-refractivity contribution is 0.0946. The molecule has 0 fully saturated rings. The minimum Gasteiger partial charge on any atom is -0.453 e. The van der Waals surface area contributed by atoms with Gasteiger partial charge in [0, 0.05) is 34.2 Å². The second-order valence-electron chi connectivity index (χ2n) is 6.26. The first-order chi connectivity index (χ1) is 13.1. The summed E-state index contributed by atoms with van der Waals surface area (Å²) >= 11 is 6.15. The van der Waals surface area contributed by atoms with Gasteiger partial charge in [-0.25, -0.2) is 0 Å². The molecule has 0 bridgehead atoms. The fourth-order valence-corrected chi connectivity index (χ4v) is 3.28. The van der Waals surface area contributed by atoms with E-state index in [2.05, 4.69) is 0 Å². The Balaban J connectivity index is 1.67. The predicted molar refractivity (Wildman–Crippen MR) is 105 cm³/mol. The van der Waals surface area contributed by atoms with Crippen LogP contribution in [-0.4, -0.2) is 11.6 Å². The van der Waals surface area contributed by atoms with Crippen molar-refractivity contribution < 1.29 is 14.3 Å². The summed E-state index contributed by atoms with van der Waals surface area (Å²) in [5, 5.41) is 0.582. The van der Waals surface area contributed by atoms with Crippen molar-refractivity contribution in [3.8, 4) is 5.75 Å². The van der Waals surface area contributed by atoms with Crippen molar-refractivity contribution in [2.45, 2.75) is 6.42 Å². The molecule has 0 saturated carbocycles. The van der Waals surface area contributed by atoms with Crippen LogP contribution in [0, 0.1) is 0 Å². The van der Waals surface area contributed by atoms with E-state index in [-0.39, 0.29) is 17.3 Å². The Hall–Kier alpha value is -3.17. The van der Waals surface area contributed by atoms with Gasteiger partial charge in [-0.15, -0.1) is 0 Å². The average molecular weight is 375 g/mol. The van der Waals surface area contributed by atoms with Gasteiger partial charge in [-0.3, -0.25) is 9.59 Å². The van der Waals surface area contributed by atoms with Crippen molar-refractivity contribution in [2.24, 2.45) is 0 Å². The van der Waals surface area contributed by atoms with Crippen molar-refractivity contribution in [2.75, 3.05) is 0 Å². The summed E-state index contributed by atoms with van der Waals surface area (Å²) in [5.41, 5.74) is 2.69. The highest BCUT2D eigenvalue weighted by atomic mass is 35.5. The van der Waals surface area contributed by atoms with Gasteiger partial charge in [0.15, 0.2) is 11.5 Å². The third-order valence-corrected chi connectivity index (χ3v) is 4.64. The minimum absolute atomic E-state index is 0.0235. The van der Waals surface area contributed by atoms with Crippen LogP contribution in [0.25, 0.3) is 0 Å². The molecule has 0 aliphatic heterocycles. The van der Waals surface area contributed by atoms with E-state index >= 15 is 0 Å². The third-order valence-electron chi connectivity index (χ3n) is 4.40. The van der Waals surface area contributed by atoms with Crippen LogP contribution in [0.1, 0.15) is 31.8 Å². The zero-order valence-corrected chi connectivity index (χ0v) is 15.1. The van der Waals surface area contributed by atoms with E-state index in [9.17, 15) is 9.59 Å². The minimum atomic E-state index is -0.300. The summed E-state index contributed by atoms with van der Waals surface area (Å²) in [6.45, 7) is 0. The van der Waals surface area contributed by atoms with Crippen LogP contribution >= 0.6 is 11.6 Å². The molecule has 0 N–H and O–H groups in total. The Morgan fingerprint density at radius 3 is 2.30 bits per heavy atom. The number of Topliss-reactive ketones (excluding diaryl/α,β-unsaturated/α-hetero) is 1. The van der Waals surface area contributed by atoms with Gasteiger partial charge in [-0.1, -0.05) is 66.2 Å². The molecule has 0 heterocycles. The molecule has 0 radical (unpaired) electrons. The number of allylic oxidation sites excluding steroid dienone is 2. The lowest BCUT2D eigenvalue weighted by Crippen LogP contribution is -2.20. The van der Waals surface area contributed by atoms with Gasteiger partial charge in [0.05, 0.1) is 0 Å². The summed E-state index contributed by atoms with van der Waals surface area (Å²) < 4.78 is 5.89. The molecular formula is C23H15ClO3. The zero-order valence-electron chi connectivity index (χ0n) is 14.3. The maximum absolute atomic E-state index is 12.7. The third kappa shape index (κ3) is 3.55. The van der Waals surface area contributed by atoms with Gasteiger partial charge in [0.2, 0.25) is 5.78 Å². The van der Waals surface area contributed by atoms with Crippen molar-refractivity contribution >= 4 is 23.2 Å². The van der Waals surface area contributed by atoms with Crippen LogP contribution in [0.4, 0.5) is 0 Å². The summed E-state index contributed by atoms with van der Waals surface area (Å²) in [6.07, 6.45) is 1.86. The van der Waals surface area contributed by atoms with Crippen molar-refractivity contribution in [3.63, 3.8) is 0 Å². The quantitative estimate of drug-likeness (QED) is 0.624. The zero-order chi connectivity index (χ0) is 18.8. The fourth-order valence-electron chi connectivity index (χ4n) is 3.09. The highest BCUT2D eigenvalue weighted by molar-refractivity contribution is 6.30. The van der Waals surface area contributed by atoms with Gasteiger partial charge in [-0.05, 0) is 23.8 Å². The number of ether oxygens (including phenoxy) is 1.